The molecule has 0 saturated heterocycles. The molecule has 2 aliphatic rings. The van der Waals surface area contributed by atoms with Crippen molar-refractivity contribution in [2.45, 2.75) is 25.3 Å². The monoisotopic (exact) mass is 549 g/mol. The first-order chi connectivity index (χ1) is 18.3. The molecule has 5 rings (SSSR count). The number of nitrogens with zero attached hydrogens (tertiary/aromatic N) is 5. The summed E-state index contributed by atoms with van der Waals surface area (Å²) in [5.41, 5.74) is 1.54. The Bertz CT molecular complexity index is 1720. The van der Waals surface area contributed by atoms with Gasteiger partial charge in [0.1, 0.15) is 20.0 Å². The van der Waals surface area contributed by atoms with E-state index in [1.54, 1.807) is 26.2 Å². The van der Waals surface area contributed by atoms with E-state index in [1.807, 2.05) is 25.1 Å². The summed E-state index contributed by atoms with van der Waals surface area (Å²) in [4.78, 5) is 41.1. The van der Waals surface area contributed by atoms with Gasteiger partial charge in [-0.3, -0.25) is 24.3 Å². The maximum Gasteiger partial charge on any atom is 0.283 e. The number of methoxy groups -OCH3 is 1. The van der Waals surface area contributed by atoms with Gasteiger partial charge in [-0.15, -0.1) is 17.9 Å². The molecule has 12 heteroatoms. The van der Waals surface area contributed by atoms with E-state index in [1.165, 1.54) is 45.9 Å². The van der Waals surface area contributed by atoms with E-state index in [0.29, 0.717) is 21.5 Å². The van der Waals surface area contributed by atoms with E-state index in [9.17, 15) is 19.7 Å². The number of ether oxygens (including phenoxy) is 1. The van der Waals surface area contributed by atoms with Gasteiger partial charge in [-0.1, -0.05) is 23.9 Å². The van der Waals surface area contributed by atoms with E-state index in [4.69, 9.17) is 4.74 Å². The summed E-state index contributed by atoms with van der Waals surface area (Å²) in [6.45, 7) is 8.32. The number of benzene rings is 2. The molecule has 38 heavy (non-hydrogen) atoms. The molecule has 0 aliphatic carbocycles. The van der Waals surface area contributed by atoms with Crippen molar-refractivity contribution in [3.63, 3.8) is 0 Å². The average Bonchev–Trinajstić information content (AvgIpc) is 3.54. The molecule has 0 spiro atoms. The highest BCUT2D eigenvalue weighted by Gasteiger charge is 2.33. The number of non-ortho nitro benzene ring substituents is 1. The van der Waals surface area contributed by atoms with Crippen molar-refractivity contribution in [3.05, 3.63) is 84.8 Å². The van der Waals surface area contributed by atoms with E-state index in [0.717, 1.165) is 26.4 Å². The number of carbonyl (C=O) groups excluding carboxylic acids is 1. The highest BCUT2D eigenvalue weighted by atomic mass is 32.2. The first kappa shape index (κ1) is 25.5. The van der Waals surface area contributed by atoms with Gasteiger partial charge >= 0.3 is 0 Å². The SMILES string of the molecule is C=CCn1c(=O)/c(=C2\Sc3ccc(OC)cc3N2CC)s/c1=C1/C(=O)N(c2cccc([N+](=O)[O-])c2)N=C1C. The Labute approximate surface area is 225 Å². The van der Waals surface area contributed by atoms with Crippen molar-refractivity contribution in [2.75, 3.05) is 23.6 Å². The van der Waals surface area contributed by atoms with Gasteiger partial charge in [-0.2, -0.15) is 10.1 Å². The second-order valence-electron chi connectivity index (χ2n) is 8.38. The lowest BCUT2D eigenvalue weighted by Crippen LogP contribution is -2.35. The molecule has 194 valence electrons. The Morgan fingerprint density at radius 3 is 2.68 bits per heavy atom. The molecule has 0 N–H and O–H groups in total. The molecule has 3 aromatic rings. The lowest BCUT2D eigenvalue weighted by Gasteiger charge is -2.17. The number of allylic oxidation sites excluding steroid dienone is 1. The lowest BCUT2D eigenvalue weighted by molar-refractivity contribution is -0.384. The Morgan fingerprint density at radius 1 is 1.21 bits per heavy atom. The van der Waals surface area contributed by atoms with Crippen LogP contribution in [0.4, 0.5) is 17.1 Å². The van der Waals surface area contributed by atoms with Crippen LogP contribution in [0.3, 0.4) is 0 Å². The standard InChI is InChI=1S/C26H23N5O5S2/c1-5-12-29-24(33)22(26-28(6-2)19-14-18(36-4)10-11-20(19)37-26)38-25(29)21-15(3)27-30(23(21)32)16-8-7-9-17(13-16)31(34)35/h5,7-11,13-14H,1,6,12H2,2-4H3/b25-21+,26-22+. The number of thioether (sulfide) groups is 1. The van der Waals surface area contributed by atoms with Crippen LogP contribution in [0.1, 0.15) is 13.8 Å². The number of fused-ring (bicyclic) bond motifs is 1. The molecule has 2 aromatic carbocycles. The van der Waals surface area contributed by atoms with E-state index < -0.39 is 10.8 Å². The first-order valence-corrected chi connectivity index (χ1v) is 13.3. The normalized spacial score (nSPS) is 17.6. The van der Waals surface area contributed by atoms with Crippen molar-refractivity contribution in [1.82, 2.24) is 4.57 Å². The van der Waals surface area contributed by atoms with Crippen molar-refractivity contribution in [2.24, 2.45) is 5.10 Å². The predicted molar refractivity (Wildman–Crippen MR) is 150 cm³/mol. The van der Waals surface area contributed by atoms with Gasteiger partial charge in [-0.25, -0.2) is 0 Å². The summed E-state index contributed by atoms with van der Waals surface area (Å²) in [5.74, 6) is 0.262. The number of hydrogen-bond donors (Lipinski definition) is 0. The summed E-state index contributed by atoms with van der Waals surface area (Å²) in [7, 11) is 1.61. The molecule has 3 heterocycles. The Balaban J connectivity index is 1.71. The molecule has 0 bridgehead atoms. The molecule has 10 nitrogen and oxygen atoms in total. The van der Waals surface area contributed by atoms with Crippen LogP contribution in [0.2, 0.25) is 0 Å². The number of anilines is 2. The molecule has 0 saturated carbocycles. The number of thiazole rings is 1. The first-order valence-electron chi connectivity index (χ1n) is 11.7. The Morgan fingerprint density at radius 2 is 2.00 bits per heavy atom. The van der Waals surface area contributed by atoms with Crippen LogP contribution in [-0.2, 0) is 11.3 Å². The van der Waals surface area contributed by atoms with E-state index in [2.05, 4.69) is 16.6 Å². The van der Waals surface area contributed by atoms with Gasteiger partial charge in [0.2, 0.25) is 0 Å². The lowest BCUT2D eigenvalue weighted by atomic mass is 10.2. The molecule has 1 amide bonds. The highest BCUT2D eigenvalue weighted by molar-refractivity contribution is 8.08. The van der Waals surface area contributed by atoms with E-state index in [-0.39, 0.29) is 29.1 Å². The van der Waals surface area contributed by atoms with Gasteiger partial charge in [0.05, 0.1) is 34.7 Å². The summed E-state index contributed by atoms with van der Waals surface area (Å²) in [6, 6.07) is 11.5. The highest BCUT2D eigenvalue weighted by Crippen LogP contribution is 2.47. The van der Waals surface area contributed by atoms with E-state index >= 15 is 0 Å². The minimum absolute atomic E-state index is 0.149. The van der Waals surface area contributed by atoms with Gasteiger partial charge in [0, 0.05) is 36.2 Å². The average molecular weight is 550 g/mol. The quantitative estimate of drug-likeness (QED) is 0.264. The van der Waals surface area contributed by atoms with Gasteiger partial charge in [0.15, 0.2) is 0 Å². The molecule has 0 atom stereocenters. The van der Waals surface area contributed by atoms with Crippen molar-refractivity contribution < 1.29 is 14.5 Å². The van der Waals surface area contributed by atoms with Crippen molar-refractivity contribution >= 4 is 62.4 Å². The van der Waals surface area contributed by atoms with Crippen LogP contribution in [0.25, 0.3) is 10.6 Å². The van der Waals surface area contributed by atoms with Crippen LogP contribution in [-0.4, -0.2) is 34.8 Å². The van der Waals surface area contributed by atoms with Crippen LogP contribution in [0, 0.1) is 10.1 Å². The number of hydrazone groups is 1. The third kappa shape index (κ3) is 4.11. The molecule has 0 radical (unpaired) electrons. The second kappa shape index (κ2) is 9.95. The number of hydrogen-bond acceptors (Lipinski definition) is 9. The number of nitro groups is 1. The molecular weight excluding hydrogens is 526 g/mol. The summed E-state index contributed by atoms with van der Waals surface area (Å²) >= 11 is 2.73. The fraction of sp³-hybridized carbons (Fsp3) is 0.192. The molecular formula is C26H23N5O5S2. The molecule has 2 aliphatic heterocycles. The summed E-state index contributed by atoms with van der Waals surface area (Å²) in [5, 5.41) is 17.6. The number of amides is 1. The second-order valence-corrected chi connectivity index (χ2v) is 10.4. The number of nitro benzene ring substituents is 1. The number of aromatic nitrogens is 1. The molecule has 1 aromatic heterocycles. The molecule has 0 fully saturated rings. The van der Waals surface area contributed by atoms with Gasteiger partial charge in [0.25, 0.3) is 17.2 Å². The third-order valence-corrected chi connectivity index (χ3v) is 8.63. The Hall–Kier alpha value is -4.16. The van der Waals surface area contributed by atoms with Crippen LogP contribution in [0.15, 0.2) is 69.9 Å². The smallest absolute Gasteiger partial charge is 0.283 e. The van der Waals surface area contributed by atoms with Gasteiger partial charge in [-0.05, 0) is 32.0 Å². The minimum Gasteiger partial charge on any atom is -0.497 e. The fourth-order valence-electron chi connectivity index (χ4n) is 4.36. The van der Waals surface area contributed by atoms with Crippen LogP contribution in [0.5, 0.6) is 5.75 Å². The summed E-state index contributed by atoms with van der Waals surface area (Å²) in [6.07, 6.45) is 1.61. The van der Waals surface area contributed by atoms with Crippen molar-refractivity contribution in [1.29, 1.82) is 0 Å². The Kier molecular flexibility index (Phi) is 6.67. The third-order valence-electron chi connectivity index (χ3n) is 6.13. The number of rotatable bonds is 6. The zero-order valence-corrected chi connectivity index (χ0v) is 22.5. The minimum atomic E-state index is -0.526. The van der Waals surface area contributed by atoms with Crippen LogP contribution >= 0.6 is 23.1 Å². The maximum absolute atomic E-state index is 13.7. The predicted octanol–water partition coefficient (Wildman–Crippen LogP) is 3.28. The zero-order valence-electron chi connectivity index (χ0n) is 20.8. The summed E-state index contributed by atoms with van der Waals surface area (Å²) < 4.78 is 7.89. The molecule has 0 unspecified atom stereocenters. The van der Waals surface area contributed by atoms with Crippen molar-refractivity contribution in [3.8, 4) is 5.75 Å². The van der Waals surface area contributed by atoms with Gasteiger partial charge < -0.3 is 9.64 Å². The number of carbonyl (C=O) groups is 1. The fourth-order valence-corrected chi connectivity index (χ4v) is 6.94. The topological polar surface area (TPSA) is 110 Å². The van der Waals surface area contributed by atoms with Crippen LogP contribution < -0.4 is 29.4 Å². The zero-order chi connectivity index (χ0) is 27.1. The maximum atomic E-state index is 13.7. The largest absolute Gasteiger partial charge is 0.497 e.